The van der Waals surface area contributed by atoms with Crippen LogP contribution in [0.25, 0.3) is 0 Å². The summed E-state index contributed by atoms with van der Waals surface area (Å²) in [6.45, 7) is 2.40. The van der Waals surface area contributed by atoms with Gasteiger partial charge in [0.05, 0.1) is 0 Å². The molecule has 3 aromatic rings. The molecule has 0 aliphatic carbocycles. The van der Waals surface area contributed by atoms with Crippen molar-refractivity contribution < 1.29 is 4.74 Å². The van der Waals surface area contributed by atoms with Crippen molar-refractivity contribution >= 4 is 35.0 Å². The predicted molar refractivity (Wildman–Crippen MR) is 103 cm³/mol. The van der Waals surface area contributed by atoms with Crippen molar-refractivity contribution in [2.45, 2.75) is 24.4 Å². The number of ether oxygens (including phenoxy) is 1. The average Bonchev–Trinajstić information content (AvgIpc) is 2.94. The molecule has 1 heterocycles. The summed E-state index contributed by atoms with van der Waals surface area (Å²) in [5, 5.41) is 10.5. The third-order valence-electron chi connectivity index (χ3n) is 3.72. The third kappa shape index (κ3) is 4.48. The molecule has 0 aliphatic rings. The second kappa shape index (κ2) is 8.13. The van der Waals surface area contributed by atoms with Gasteiger partial charge < -0.3 is 9.30 Å². The lowest BCUT2D eigenvalue weighted by Gasteiger charge is -2.08. The molecule has 0 unspecified atom stereocenters. The van der Waals surface area contributed by atoms with E-state index in [1.165, 1.54) is 17.3 Å². The normalized spacial score (nSPS) is 10.9. The van der Waals surface area contributed by atoms with Crippen LogP contribution in [-0.4, -0.2) is 14.8 Å². The minimum atomic E-state index is 0.361. The first-order valence-corrected chi connectivity index (χ1v) is 9.42. The first kappa shape index (κ1) is 18.1. The summed E-state index contributed by atoms with van der Waals surface area (Å²) in [5.41, 5.74) is 2.10. The van der Waals surface area contributed by atoms with Crippen LogP contribution >= 0.6 is 35.0 Å². The molecule has 0 amide bonds. The van der Waals surface area contributed by atoms with Crippen LogP contribution in [0.15, 0.2) is 47.6 Å². The SMILES string of the molecule is Cc1ccc(OCc2nnc(SCc3c(Cl)cccc3Cl)n2C)cc1. The van der Waals surface area contributed by atoms with Gasteiger partial charge in [-0.3, -0.25) is 0 Å². The number of aryl methyl sites for hydroxylation is 1. The van der Waals surface area contributed by atoms with E-state index in [-0.39, 0.29) is 0 Å². The Morgan fingerprint density at radius 1 is 1.04 bits per heavy atom. The molecule has 0 radical (unpaired) electrons. The lowest BCUT2D eigenvalue weighted by atomic mass is 10.2. The van der Waals surface area contributed by atoms with Gasteiger partial charge >= 0.3 is 0 Å². The van der Waals surface area contributed by atoms with Gasteiger partial charge in [-0.25, -0.2) is 0 Å². The molecular weight excluding hydrogens is 377 g/mol. The van der Waals surface area contributed by atoms with Crippen LogP contribution in [0, 0.1) is 6.92 Å². The van der Waals surface area contributed by atoms with Gasteiger partial charge in [-0.1, -0.05) is 58.7 Å². The molecule has 130 valence electrons. The molecule has 7 heteroatoms. The summed E-state index contributed by atoms with van der Waals surface area (Å²) in [7, 11) is 1.92. The number of hydrogen-bond acceptors (Lipinski definition) is 4. The maximum atomic E-state index is 6.21. The Kier molecular flexibility index (Phi) is 5.89. The van der Waals surface area contributed by atoms with Gasteiger partial charge in [-0.15, -0.1) is 10.2 Å². The summed E-state index contributed by atoms with van der Waals surface area (Å²) in [5.74, 6) is 2.20. The number of halogens is 2. The Morgan fingerprint density at radius 2 is 1.72 bits per heavy atom. The largest absolute Gasteiger partial charge is 0.486 e. The fourth-order valence-corrected chi connectivity index (χ4v) is 3.86. The summed E-state index contributed by atoms with van der Waals surface area (Å²) < 4.78 is 7.69. The molecule has 0 saturated heterocycles. The molecule has 0 aliphatic heterocycles. The second-order valence-corrected chi connectivity index (χ2v) is 7.31. The predicted octanol–water partition coefficient (Wildman–Crippen LogP) is 5.30. The smallest absolute Gasteiger partial charge is 0.191 e. The van der Waals surface area contributed by atoms with E-state index < -0.39 is 0 Å². The van der Waals surface area contributed by atoms with E-state index in [9.17, 15) is 0 Å². The fraction of sp³-hybridized carbons (Fsp3) is 0.222. The molecule has 0 bridgehead atoms. The molecule has 0 N–H and O–H groups in total. The Morgan fingerprint density at radius 3 is 2.40 bits per heavy atom. The van der Waals surface area contributed by atoms with Gasteiger partial charge in [-0.2, -0.15) is 0 Å². The van der Waals surface area contributed by atoms with Gasteiger partial charge in [0.15, 0.2) is 11.0 Å². The van der Waals surface area contributed by atoms with Gasteiger partial charge in [0.25, 0.3) is 0 Å². The molecule has 2 aromatic carbocycles. The van der Waals surface area contributed by atoms with Crippen LogP contribution in [0.3, 0.4) is 0 Å². The van der Waals surface area contributed by atoms with Crippen LogP contribution in [0.5, 0.6) is 5.75 Å². The van der Waals surface area contributed by atoms with E-state index in [0.29, 0.717) is 22.4 Å². The highest BCUT2D eigenvalue weighted by molar-refractivity contribution is 7.98. The van der Waals surface area contributed by atoms with E-state index in [0.717, 1.165) is 22.3 Å². The van der Waals surface area contributed by atoms with Gasteiger partial charge in [-0.05, 0) is 36.8 Å². The van der Waals surface area contributed by atoms with Crippen molar-refractivity contribution in [1.82, 2.24) is 14.8 Å². The van der Waals surface area contributed by atoms with Gasteiger partial charge in [0, 0.05) is 22.8 Å². The Labute approximate surface area is 161 Å². The standard InChI is InChI=1S/C18H17Cl2N3OS/c1-12-6-8-13(9-7-12)24-10-17-21-22-18(23(17)2)25-11-14-15(19)4-3-5-16(14)20/h3-9H,10-11H2,1-2H3. The maximum Gasteiger partial charge on any atom is 0.191 e. The molecule has 3 rings (SSSR count). The van der Waals surface area contributed by atoms with Gasteiger partial charge in [0.2, 0.25) is 0 Å². The first-order chi connectivity index (χ1) is 12.0. The number of nitrogens with zero attached hydrogens (tertiary/aromatic N) is 3. The number of thioether (sulfide) groups is 1. The molecule has 0 fully saturated rings. The molecule has 0 spiro atoms. The summed E-state index contributed by atoms with van der Waals surface area (Å²) in [6.07, 6.45) is 0. The van der Waals surface area contributed by atoms with Gasteiger partial charge in [0.1, 0.15) is 12.4 Å². The maximum absolute atomic E-state index is 6.21. The van der Waals surface area contributed by atoms with Crippen molar-refractivity contribution in [2.75, 3.05) is 0 Å². The average molecular weight is 394 g/mol. The molecular formula is C18H17Cl2N3OS. The summed E-state index contributed by atoms with van der Waals surface area (Å²) in [4.78, 5) is 0. The summed E-state index contributed by atoms with van der Waals surface area (Å²) in [6, 6.07) is 13.4. The molecule has 1 aromatic heterocycles. The monoisotopic (exact) mass is 393 g/mol. The zero-order valence-electron chi connectivity index (χ0n) is 13.9. The second-order valence-electron chi connectivity index (χ2n) is 5.55. The molecule has 0 atom stereocenters. The van der Waals surface area contributed by atoms with Crippen LogP contribution in [-0.2, 0) is 19.4 Å². The number of aromatic nitrogens is 3. The molecule has 0 saturated carbocycles. The highest BCUT2D eigenvalue weighted by Crippen LogP contribution is 2.30. The van der Waals surface area contributed by atoms with Crippen LogP contribution < -0.4 is 4.74 Å². The number of rotatable bonds is 6. The Bertz CT molecular complexity index is 845. The minimum Gasteiger partial charge on any atom is -0.486 e. The van der Waals surface area contributed by atoms with E-state index >= 15 is 0 Å². The van der Waals surface area contributed by atoms with E-state index in [2.05, 4.69) is 10.2 Å². The zero-order valence-corrected chi connectivity index (χ0v) is 16.2. The quantitative estimate of drug-likeness (QED) is 0.532. The van der Waals surface area contributed by atoms with E-state index in [4.69, 9.17) is 27.9 Å². The topological polar surface area (TPSA) is 39.9 Å². The zero-order chi connectivity index (χ0) is 17.8. The van der Waals surface area contributed by atoms with Crippen molar-refractivity contribution in [3.8, 4) is 5.75 Å². The van der Waals surface area contributed by atoms with Crippen molar-refractivity contribution in [2.24, 2.45) is 7.05 Å². The number of hydrogen-bond donors (Lipinski definition) is 0. The van der Waals surface area contributed by atoms with Crippen molar-refractivity contribution in [3.05, 3.63) is 69.5 Å². The fourth-order valence-electron chi connectivity index (χ4n) is 2.19. The highest BCUT2D eigenvalue weighted by Gasteiger charge is 2.12. The Balaban J connectivity index is 1.64. The van der Waals surface area contributed by atoms with Crippen LogP contribution in [0.1, 0.15) is 17.0 Å². The Hall–Kier alpha value is -1.69. The van der Waals surface area contributed by atoms with Crippen LogP contribution in [0.4, 0.5) is 0 Å². The third-order valence-corrected chi connectivity index (χ3v) is 5.48. The van der Waals surface area contributed by atoms with Crippen molar-refractivity contribution in [3.63, 3.8) is 0 Å². The summed E-state index contributed by atoms with van der Waals surface area (Å²) >= 11 is 14.0. The van der Waals surface area contributed by atoms with E-state index in [1.54, 1.807) is 0 Å². The lowest BCUT2D eigenvalue weighted by molar-refractivity contribution is 0.290. The molecule has 4 nitrogen and oxygen atoms in total. The lowest BCUT2D eigenvalue weighted by Crippen LogP contribution is -2.04. The molecule has 25 heavy (non-hydrogen) atoms. The number of benzene rings is 2. The van der Waals surface area contributed by atoms with Crippen LogP contribution in [0.2, 0.25) is 10.0 Å². The highest BCUT2D eigenvalue weighted by atomic mass is 35.5. The first-order valence-electron chi connectivity index (χ1n) is 7.68. The van der Waals surface area contributed by atoms with Crippen molar-refractivity contribution in [1.29, 1.82) is 0 Å². The van der Waals surface area contributed by atoms with E-state index in [1.807, 2.05) is 61.0 Å². The minimum absolute atomic E-state index is 0.361.